The van der Waals surface area contributed by atoms with Crippen LogP contribution >= 0.6 is 24.8 Å². The van der Waals surface area contributed by atoms with Crippen molar-refractivity contribution in [3.63, 3.8) is 0 Å². The summed E-state index contributed by atoms with van der Waals surface area (Å²) in [6.45, 7) is 0. The number of amides is 1. The van der Waals surface area contributed by atoms with Crippen LogP contribution in [0.25, 0.3) is 5.82 Å². The minimum atomic E-state index is 0. The fourth-order valence-corrected chi connectivity index (χ4v) is 2.95. The van der Waals surface area contributed by atoms with Crippen LogP contribution in [0.3, 0.4) is 0 Å². The molecular formula is C16H23Cl2N5O. The molecule has 1 saturated carbocycles. The van der Waals surface area contributed by atoms with E-state index in [1.54, 1.807) is 18.7 Å². The van der Waals surface area contributed by atoms with E-state index in [4.69, 9.17) is 5.73 Å². The lowest BCUT2D eigenvalue weighted by molar-refractivity contribution is -0.117. The zero-order chi connectivity index (χ0) is 15.4. The van der Waals surface area contributed by atoms with Crippen molar-refractivity contribution < 1.29 is 4.79 Å². The number of aromatic nitrogens is 3. The molecule has 2 aromatic heterocycles. The summed E-state index contributed by atoms with van der Waals surface area (Å²) in [4.78, 5) is 20.4. The standard InChI is InChI=1S/C16H21N5O.2ClH/c17-14-4-2-1-3-12(14)9-16(22)20-13-5-6-15(19-10-13)21-8-7-18-11-21;;/h5-8,10-12,14H,1-4,9,17H2,(H,20,22);2*1H. The van der Waals surface area contributed by atoms with Gasteiger partial charge in [-0.2, -0.15) is 0 Å². The molecule has 24 heavy (non-hydrogen) atoms. The van der Waals surface area contributed by atoms with Crippen molar-refractivity contribution >= 4 is 36.4 Å². The van der Waals surface area contributed by atoms with Crippen molar-refractivity contribution in [1.29, 1.82) is 0 Å². The van der Waals surface area contributed by atoms with Gasteiger partial charge in [-0.25, -0.2) is 9.97 Å². The number of hydrogen-bond donors (Lipinski definition) is 2. The van der Waals surface area contributed by atoms with Gasteiger partial charge in [0, 0.05) is 24.9 Å². The minimum Gasteiger partial charge on any atom is -0.327 e. The van der Waals surface area contributed by atoms with Gasteiger partial charge in [0.05, 0.1) is 11.9 Å². The number of nitrogens with zero attached hydrogens (tertiary/aromatic N) is 3. The van der Waals surface area contributed by atoms with Crippen molar-refractivity contribution in [2.75, 3.05) is 5.32 Å². The minimum absolute atomic E-state index is 0. The summed E-state index contributed by atoms with van der Waals surface area (Å²) in [5, 5.41) is 2.90. The topological polar surface area (TPSA) is 85.8 Å². The molecule has 3 N–H and O–H groups in total. The summed E-state index contributed by atoms with van der Waals surface area (Å²) in [7, 11) is 0. The maximum Gasteiger partial charge on any atom is 0.224 e. The summed E-state index contributed by atoms with van der Waals surface area (Å²) in [5.41, 5.74) is 6.80. The van der Waals surface area contributed by atoms with Gasteiger partial charge < -0.3 is 11.1 Å². The molecule has 0 saturated heterocycles. The molecule has 1 amide bonds. The van der Waals surface area contributed by atoms with Gasteiger partial charge in [-0.15, -0.1) is 24.8 Å². The lowest BCUT2D eigenvalue weighted by Crippen LogP contribution is -2.35. The molecular weight excluding hydrogens is 349 g/mol. The van der Waals surface area contributed by atoms with Gasteiger partial charge in [0.25, 0.3) is 0 Å². The first-order valence-electron chi connectivity index (χ1n) is 7.72. The first-order valence-corrected chi connectivity index (χ1v) is 7.72. The Balaban J connectivity index is 0.00000144. The number of hydrogen-bond acceptors (Lipinski definition) is 4. The Morgan fingerprint density at radius 2 is 2.08 bits per heavy atom. The molecule has 2 heterocycles. The number of nitrogens with two attached hydrogens (primary N) is 1. The van der Waals surface area contributed by atoms with E-state index >= 15 is 0 Å². The van der Waals surface area contributed by atoms with Crippen LogP contribution < -0.4 is 11.1 Å². The second-order valence-electron chi connectivity index (χ2n) is 5.84. The van der Waals surface area contributed by atoms with E-state index in [-0.39, 0.29) is 36.8 Å². The number of nitrogens with one attached hydrogen (secondary N) is 1. The molecule has 2 unspecified atom stereocenters. The maximum atomic E-state index is 12.1. The third-order valence-corrected chi connectivity index (χ3v) is 4.22. The highest BCUT2D eigenvalue weighted by atomic mass is 35.5. The Kier molecular flexibility index (Phi) is 8.18. The van der Waals surface area contributed by atoms with Crippen LogP contribution in [0.15, 0.2) is 37.1 Å². The Bertz CT molecular complexity index is 618. The van der Waals surface area contributed by atoms with Crippen molar-refractivity contribution in [2.24, 2.45) is 11.7 Å². The van der Waals surface area contributed by atoms with Crippen LogP contribution in [0.5, 0.6) is 0 Å². The van der Waals surface area contributed by atoms with Crippen LogP contribution in [0, 0.1) is 5.92 Å². The molecule has 0 bridgehead atoms. The van der Waals surface area contributed by atoms with Gasteiger partial charge in [-0.05, 0) is 30.9 Å². The average Bonchev–Trinajstić information content (AvgIpc) is 3.05. The average molecular weight is 372 g/mol. The zero-order valence-electron chi connectivity index (χ0n) is 13.3. The fraction of sp³-hybridized carbons (Fsp3) is 0.438. The quantitative estimate of drug-likeness (QED) is 0.864. The molecule has 1 aliphatic carbocycles. The first kappa shape index (κ1) is 20.4. The van der Waals surface area contributed by atoms with E-state index in [2.05, 4.69) is 15.3 Å². The molecule has 1 aliphatic rings. The number of carbonyl (C=O) groups excluding carboxylic acids is 1. The van der Waals surface area contributed by atoms with Crippen LogP contribution in [-0.2, 0) is 4.79 Å². The number of halogens is 2. The number of rotatable bonds is 4. The summed E-state index contributed by atoms with van der Waals surface area (Å²) >= 11 is 0. The van der Waals surface area contributed by atoms with Crippen molar-refractivity contribution in [3.8, 4) is 5.82 Å². The number of pyridine rings is 1. The van der Waals surface area contributed by atoms with Crippen molar-refractivity contribution in [2.45, 2.75) is 38.1 Å². The molecule has 1 fully saturated rings. The Labute approximate surface area is 154 Å². The third-order valence-electron chi connectivity index (χ3n) is 4.22. The lowest BCUT2D eigenvalue weighted by atomic mass is 9.83. The van der Waals surface area contributed by atoms with Gasteiger partial charge in [-0.3, -0.25) is 9.36 Å². The lowest BCUT2D eigenvalue weighted by Gasteiger charge is -2.27. The molecule has 132 valence electrons. The summed E-state index contributed by atoms with van der Waals surface area (Å²) in [6, 6.07) is 3.85. The van der Waals surface area contributed by atoms with Gasteiger partial charge in [0.2, 0.25) is 5.91 Å². The normalized spacial score (nSPS) is 19.7. The first-order chi connectivity index (χ1) is 10.7. The number of anilines is 1. The second-order valence-corrected chi connectivity index (χ2v) is 5.84. The Morgan fingerprint density at radius 3 is 2.71 bits per heavy atom. The molecule has 2 atom stereocenters. The Morgan fingerprint density at radius 1 is 1.29 bits per heavy atom. The maximum absolute atomic E-state index is 12.1. The van der Waals surface area contributed by atoms with E-state index in [0.717, 1.165) is 18.7 Å². The monoisotopic (exact) mass is 371 g/mol. The van der Waals surface area contributed by atoms with E-state index in [9.17, 15) is 4.79 Å². The van der Waals surface area contributed by atoms with E-state index in [0.29, 0.717) is 18.0 Å². The molecule has 0 spiro atoms. The van der Waals surface area contributed by atoms with Crippen molar-refractivity contribution in [1.82, 2.24) is 14.5 Å². The van der Waals surface area contributed by atoms with Crippen LogP contribution in [0.1, 0.15) is 32.1 Å². The van der Waals surface area contributed by atoms with Crippen LogP contribution in [-0.4, -0.2) is 26.5 Å². The van der Waals surface area contributed by atoms with Gasteiger partial charge in [0.1, 0.15) is 12.1 Å². The van der Waals surface area contributed by atoms with E-state index in [1.807, 2.05) is 22.9 Å². The highest BCUT2D eigenvalue weighted by molar-refractivity contribution is 5.90. The SMILES string of the molecule is Cl.Cl.NC1CCCCC1CC(=O)Nc1ccc(-n2ccnc2)nc1. The van der Waals surface area contributed by atoms with Gasteiger partial charge in [0.15, 0.2) is 0 Å². The molecule has 2 aromatic rings. The van der Waals surface area contributed by atoms with E-state index < -0.39 is 0 Å². The summed E-state index contributed by atoms with van der Waals surface area (Å²) in [5.74, 6) is 1.08. The third kappa shape index (κ3) is 5.19. The summed E-state index contributed by atoms with van der Waals surface area (Å²) in [6.07, 6.45) is 11.8. The predicted octanol–water partition coefficient (Wildman–Crippen LogP) is 2.96. The molecule has 0 radical (unpaired) electrons. The van der Waals surface area contributed by atoms with Gasteiger partial charge in [-0.1, -0.05) is 12.8 Å². The van der Waals surface area contributed by atoms with Crippen LogP contribution in [0.2, 0.25) is 0 Å². The Hall–Kier alpha value is -1.63. The smallest absolute Gasteiger partial charge is 0.224 e. The molecule has 0 aromatic carbocycles. The zero-order valence-corrected chi connectivity index (χ0v) is 14.9. The van der Waals surface area contributed by atoms with Gasteiger partial charge >= 0.3 is 0 Å². The largest absolute Gasteiger partial charge is 0.327 e. The molecule has 0 aliphatic heterocycles. The fourth-order valence-electron chi connectivity index (χ4n) is 2.95. The summed E-state index contributed by atoms with van der Waals surface area (Å²) < 4.78 is 1.81. The number of imidazole rings is 1. The highest BCUT2D eigenvalue weighted by Crippen LogP contribution is 2.26. The van der Waals surface area contributed by atoms with Crippen LogP contribution in [0.4, 0.5) is 5.69 Å². The highest BCUT2D eigenvalue weighted by Gasteiger charge is 2.24. The number of carbonyl (C=O) groups is 1. The molecule has 8 heteroatoms. The second kappa shape index (κ2) is 9.61. The molecule has 6 nitrogen and oxygen atoms in total. The predicted molar refractivity (Wildman–Crippen MR) is 99.0 cm³/mol. The molecule has 3 rings (SSSR count). The van der Waals surface area contributed by atoms with Crippen molar-refractivity contribution in [3.05, 3.63) is 37.1 Å². The van der Waals surface area contributed by atoms with E-state index in [1.165, 1.54) is 12.8 Å².